The van der Waals surface area contributed by atoms with Gasteiger partial charge < -0.3 is 14.2 Å². The first kappa shape index (κ1) is 15.7. The SMILES string of the molecule is [CH2]C(c1ccc(Br)cc1)c1cc(OC)c(OC)cc1OC. The van der Waals surface area contributed by atoms with Gasteiger partial charge >= 0.3 is 0 Å². The molecule has 111 valence electrons. The highest BCUT2D eigenvalue weighted by atomic mass is 79.9. The van der Waals surface area contributed by atoms with Crippen LogP contribution >= 0.6 is 15.9 Å². The first-order valence-electron chi connectivity index (χ1n) is 6.49. The molecule has 0 fully saturated rings. The molecule has 0 saturated carbocycles. The fraction of sp³-hybridized carbons (Fsp3) is 0.235. The van der Waals surface area contributed by atoms with Crippen molar-refractivity contribution in [2.45, 2.75) is 5.92 Å². The molecular formula is C17H18BrO3. The Hall–Kier alpha value is -1.68. The monoisotopic (exact) mass is 349 g/mol. The van der Waals surface area contributed by atoms with Crippen LogP contribution < -0.4 is 14.2 Å². The highest BCUT2D eigenvalue weighted by Gasteiger charge is 2.18. The molecule has 0 bridgehead atoms. The lowest BCUT2D eigenvalue weighted by molar-refractivity contribution is 0.347. The Balaban J connectivity index is 2.48. The maximum Gasteiger partial charge on any atom is 0.164 e. The molecule has 0 saturated heterocycles. The van der Waals surface area contributed by atoms with Gasteiger partial charge in [-0.25, -0.2) is 0 Å². The molecule has 1 atom stereocenters. The second-order valence-corrected chi connectivity index (χ2v) is 5.47. The van der Waals surface area contributed by atoms with E-state index in [2.05, 4.69) is 22.9 Å². The van der Waals surface area contributed by atoms with Gasteiger partial charge in [0.2, 0.25) is 0 Å². The van der Waals surface area contributed by atoms with Gasteiger partial charge in [0.05, 0.1) is 21.3 Å². The van der Waals surface area contributed by atoms with E-state index in [9.17, 15) is 0 Å². The number of hydrogen-bond donors (Lipinski definition) is 0. The predicted octanol–water partition coefficient (Wildman–Crippen LogP) is 4.44. The lowest BCUT2D eigenvalue weighted by atomic mass is 9.92. The standard InChI is InChI=1S/C17H18BrO3/c1-11(12-5-7-13(18)8-6-12)14-9-16(20-3)17(21-4)10-15(14)19-2/h5-11H,1H2,2-4H3. The van der Waals surface area contributed by atoms with Crippen molar-refractivity contribution in [1.29, 1.82) is 0 Å². The summed E-state index contributed by atoms with van der Waals surface area (Å²) in [7, 11) is 4.86. The van der Waals surface area contributed by atoms with Crippen molar-refractivity contribution in [3.63, 3.8) is 0 Å². The third-order valence-electron chi connectivity index (χ3n) is 3.38. The quantitative estimate of drug-likeness (QED) is 0.798. The third kappa shape index (κ3) is 3.32. The van der Waals surface area contributed by atoms with Crippen LogP contribution in [0.5, 0.6) is 17.2 Å². The number of methoxy groups -OCH3 is 3. The van der Waals surface area contributed by atoms with Crippen molar-refractivity contribution in [1.82, 2.24) is 0 Å². The molecule has 0 amide bonds. The molecule has 2 aromatic rings. The highest BCUT2D eigenvalue weighted by Crippen LogP contribution is 2.40. The van der Waals surface area contributed by atoms with Crippen LogP contribution in [0.1, 0.15) is 17.0 Å². The van der Waals surface area contributed by atoms with Gasteiger partial charge in [-0.2, -0.15) is 0 Å². The number of hydrogen-bond acceptors (Lipinski definition) is 3. The van der Waals surface area contributed by atoms with Crippen LogP contribution in [0.25, 0.3) is 0 Å². The fourth-order valence-corrected chi connectivity index (χ4v) is 2.46. The van der Waals surface area contributed by atoms with Crippen LogP contribution in [0.2, 0.25) is 0 Å². The van der Waals surface area contributed by atoms with E-state index >= 15 is 0 Å². The lowest BCUT2D eigenvalue weighted by Crippen LogP contribution is -2.02. The van der Waals surface area contributed by atoms with E-state index in [0.29, 0.717) is 11.5 Å². The first-order valence-corrected chi connectivity index (χ1v) is 7.28. The minimum Gasteiger partial charge on any atom is -0.496 e. The van der Waals surface area contributed by atoms with E-state index in [1.807, 2.05) is 36.4 Å². The zero-order chi connectivity index (χ0) is 15.4. The van der Waals surface area contributed by atoms with Crippen molar-refractivity contribution in [3.05, 3.63) is 58.9 Å². The molecule has 1 unspecified atom stereocenters. The smallest absolute Gasteiger partial charge is 0.164 e. The van der Waals surface area contributed by atoms with Gasteiger partial charge in [-0.15, -0.1) is 0 Å². The molecule has 0 aliphatic carbocycles. The predicted molar refractivity (Wildman–Crippen MR) is 87.4 cm³/mol. The number of halogens is 1. The maximum atomic E-state index is 5.47. The van der Waals surface area contributed by atoms with E-state index in [0.717, 1.165) is 21.3 Å². The summed E-state index contributed by atoms with van der Waals surface area (Å²) in [4.78, 5) is 0. The number of benzene rings is 2. The Labute approximate surface area is 134 Å². The van der Waals surface area contributed by atoms with Crippen LogP contribution in [-0.4, -0.2) is 21.3 Å². The summed E-state index contributed by atoms with van der Waals surface area (Å²) in [5.41, 5.74) is 2.06. The average molecular weight is 350 g/mol. The van der Waals surface area contributed by atoms with Gasteiger partial charge in [-0.05, 0) is 30.7 Å². The van der Waals surface area contributed by atoms with Gasteiger partial charge in [0.1, 0.15) is 5.75 Å². The number of rotatable bonds is 5. The topological polar surface area (TPSA) is 27.7 Å². The Morgan fingerprint density at radius 3 is 1.90 bits per heavy atom. The lowest BCUT2D eigenvalue weighted by Gasteiger charge is -2.19. The summed E-state index contributed by atoms with van der Waals surface area (Å²) in [5, 5.41) is 0. The molecule has 21 heavy (non-hydrogen) atoms. The number of ether oxygens (including phenoxy) is 3. The van der Waals surface area contributed by atoms with Gasteiger partial charge in [0.15, 0.2) is 11.5 Å². The minimum atomic E-state index is -0.0622. The third-order valence-corrected chi connectivity index (χ3v) is 3.91. The summed E-state index contributed by atoms with van der Waals surface area (Å²) < 4.78 is 17.2. The van der Waals surface area contributed by atoms with E-state index in [-0.39, 0.29) is 5.92 Å². The van der Waals surface area contributed by atoms with E-state index < -0.39 is 0 Å². The van der Waals surface area contributed by atoms with Crippen molar-refractivity contribution < 1.29 is 14.2 Å². The van der Waals surface area contributed by atoms with Crippen LogP contribution in [-0.2, 0) is 0 Å². The van der Waals surface area contributed by atoms with E-state index in [1.54, 1.807) is 21.3 Å². The Kier molecular flexibility index (Phi) is 5.12. The zero-order valence-electron chi connectivity index (χ0n) is 12.4. The van der Waals surface area contributed by atoms with Crippen molar-refractivity contribution >= 4 is 15.9 Å². The second-order valence-electron chi connectivity index (χ2n) is 4.55. The summed E-state index contributed by atoms with van der Waals surface area (Å²) in [6, 6.07) is 11.8. The minimum absolute atomic E-state index is 0.0622. The Morgan fingerprint density at radius 2 is 1.38 bits per heavy atom. The summed E-state index contributed by atoms with van der Waals surface area (Å²) >= 11 is 3.44. The van der Waals surface area contributed by atoms with E-state index in [4.69, 9.17) is 14.2 Å². The summed E-state index contributed by atoms with van der Waals surface area (Å²) in [6.45, 7) is 4.26. The highest BCUT2D eigenvalue weighted by molar-refractivity contribution is 9.10. The molecule has 0 aliphatic rings. The molecular weight excluding hydrogens is 332 g/mol. The molecule has 0 heterocycles. The molecule has 0 N–H and O–H groups in total. The van der Waals surface area contributed by atoms with Gasteiger partial charge in [-0.1, -0.05) is 28.1 Å². The van der Waals surface area contributed by atoms with Crippen LogP contribution in [0, 0.1) is 6.92 Å². The average Bonchev–Trinajstić information content (AvgIpc) is 2.53. The molecule has 3 nitrogen and oxygen atoms in total. The molecule has 1 radical (unpaired) electrons. The van der Waals surface area contributed by atoms with Crippen molar-refractivity contribution in [2.75, 3.05) is 21.3 Å². The normalized spacial score (nSPS) is 11.9. The molecule has 2 aromatic carbocycles. The van der Waals surface area contributed by atoms with Gasteiger partial charge in [0.25, 0.3) is 0 Å². The van der Waals surface area contributed by atoms with Crippen molar-refractivity contribution in [3.8, 4) is 17.2 Å². The second kappa shape index (κ2) is 6.85. The molecule has 0 aromatic heterocycles. The van der Waals surface area contributed by atoms with Crippen molar-refractivity contribution in [2.24, 2.45) is 0 Å². The molecule has 4 heteroatoms. The zero-order valence-corrected chi connectivity index (χ0v) is 13.9. The fourth-order valence-electron chi connectivity index (χ4n) is 2.20. The maximum absolute atomic E-state index is 5.47. The van der Waals surface area contributed by atoms with Gasteiger partial charge in [-0.3, -0.25) is 0 Å². The van der Waals surface area contributed by atoms with Crippen LogP contribution in [0.3, 0.4) is 0 Å². The molecule has 0 spiro atoms. The first-order chi connectivity index (χ1) is 10.1. The van der Waals surface area contributed by atoms with E-state index in [1.165, 1.54) is 0 Å². The van der Waals surface area contributed by atoms with Gasteiger partial charge in [0, 0.05) is 22.0 Å². The Morgan fingerprint density at radius 1 is 0.857 bits per heavy atom. The summed E-state index contributed by atoms with van der Waals surface area (Å²) in [5.74, 6) is 1.98. The van der Waals surface area contributed by atoms with Crippen LogP contribution in [0.15, 0.2) is 40.9 Å². The Bertz CT molecular complexity index is 608. The molecule has 2 rings (SSSR count). The summed E-state index contributed by atoms with van der Waals surface area (Å²) in [6.07, 6.45) is 0. The largest absolute Gasteiger partial charge is 0.496 e. The van der Waals surface area contributed by atoms with Crippen LogP contribution in [0.4, 0.5) is 0 Å². The molecule has 0 aliphatic heterocycles.